The van der Waals surface area contributed by atoms with Crippen molar-refractivity contribution in [2.75, 3.05) is 5.32 Å². The molecule has 0 atom stereocenters. The molecule has 0 spiro atoms. The number of nitrogens with one attached hydrogen (secondary N) is 2. The molecule has 0 radical (unpaired) electrons. The lowest BCUT2D eigenvalue weighted by atomic mass is 9.92. The Labute approximate surface area is 148 Å². The monoisotopic (exact) mass is 358 g/mol. The lowest BCUT2D eigenvalue weighted by molar-refractivity contribution is -0.114. The van der Waals surface area contributed by atoms with E-state index in [9.17, 15) is 13.2 Å². The Kier molecular flexibility index (Phi) is 5.20. The molecule has 0 heterocycles. The van der Waals surface area contributed by atoms with Crippen molar-refractivity contribution in [2.45, 2.75) is 44.0 Å². The van der Waals surface area contributed by atoms with Crippen molar-refractivity contribution in [3.05, 3.63) is 59.2 Å². The topological polar surface area (TPSA) is 75.3 Å². The molecule has 25 heavy (non-hydrogen) atoms. The predicted molar refractivity (Wildman–Crippen MR) is 97.9 cm³/mol. The van der Waals surface area contributed by atoms with Gasteiger partial charge in [0.1, 0.15) is 0 Å². The summed E-state index contributed by atoms with van der Waals surface area (Å²) in [5, 5.41) is 2.69. The van der Waals surface area contributed by atoms with E-state index in [-0.39, 0.29) is 12.5 Å². The second kappa shape index (κ2) is 7.37. The van der Waals surface area contributed by atoms with E-state index >= 15 is 0 Å². The smallest absolute Gasteiger partial charge is 0.240 e. The molecule has 1 aliphatic rings. The summed E-state index contributed by atoms with van der Waals surface area (Å²) in [6, 6.07) is 12.5. The van der Waals surface area contributed by atoms with Crippen molar-refractivity contribution in [1.29, 1.82) is 0 Å². The molecule has 2 N–H and O–H groups in total. The number of anilines is 1. The van der Waals surface area contributed by atoms with Gasteiger partial charge in [0, 0.05) is 19.2 Å². The number of hydrogen-bond donors (Lipinski definition) is 2. The molecule has 3 rings (SSSR count). The van der Waals surface area contributed by atoms with Crippen LogP contribution in [0.25, 0.3) is 0 Å². The molecule has 1 aliphatic carbocycles. The minimum absolute atomic E-state index is 0.160. The number of aryl methyl sites for hydroxylation is 2. The normalized spacial score (nSPS) is 14.0. The van der Waals surface area contributed by atoms with Gasteiger partial charge in [-0.1, -0.05) is 18.2 Å². The third-order valence-electron chi connectivity index (χ3n) is 4.34. The Morgan fingerprint density at radius 1 is 1.04 bits per heavy atom. The van der Waals surface area contributed by atoms with Gasteiger partial charge in [0.05, 0.1) is 4.90 Å². The Balaban J connectivity index is 1.73. The summed E-state index contributed by atoms with van der Waals surface area (Å²) >= 11 is 0. The van der Waals surface area contributed by atoms with Crippen LogP contribution >= 0.6 is 0 Å². The number of rotatable bonds is 5. The van der Waals surface area contributed by atoms with E-state index in [1.165, 1.54) is 18.9 Å². The zero-order valence-electron chi connectivity index (χ0n) is 14.2. The zero-order valence-corrected chi connectivity index (χ0v) is 15.0. The lowest BCUT2D eigenvalue weighted by Gasteiger charge is -2.17. The molecule has 6 heteroatoms. The molecule has 132 valence electrons. The summed E-state index contributed by atoms with van der Waals surface area (Å²) in [5.41, 5.74) is 3.83. The highest BCUT2D eigenvalue weighted by molar-refractivity contribution is 7.89. The van der Waals surface area contributed by atoms with Crippen LogP contribution in [-0.4, -0.2) is 14.3 Å². The van der Waals surface area contributed by atoms with Crippen LogP contribution in [0.1, 0.15) is 36.5 Å². The van der Waals surface area contributed by atoms with Crippen LogP contribution < -0.4 is 10.0 Å². The van der Waals surface area contributed by atoms with Gasteiger partial charge in [0.15, 0.2) is 0 Å². The summed E-state index contributed by atoms with van der Waals surface area (Å²) in [5.74, 6) is -0.160. The average Bonchev–Trinajstić information content (AvgIpc) is 2.59. The summed E-state index contributed by atoms with van der Waals surface area (Å²) in [4.78, 5) is 11.4. The molecule has 0 aromatic heterocycles. The Bertz CT molecular complexity index is 891. The highest BCUT2D eigenvalue weighted by atomic mass is 32.2. The molecule has 0 fully saturated rings. The van der Waals surface area contributed by atoms with Crippen LogP contribution in [0.2, 0.25) is 0 Å². The first-order chi connectivity index (χ1) is 11.9. The Hall–Kier alpha value is -2.18. The third-order valence-corrected chi connectivity index (χ3v) is 5.74. The van der Waals surface area contributed by atoms with Gasteiger partial charge in [-0.05, 0) is 66.6 Å². The van der Waals surface area contributed by atoms with Crippen LogP contribution in [-0.2, 0) is 34.2 Å². The van der Waals surface area contributed by atoms with Gasteiger partial charge >= 0.3 is 0 Å². The van der Waals surface area contributed by atoms with Crippen LogP contribution in [0, 0.1) is 0 Å². The first-order valence-electron chi connectivity index (χ1n) is 8.42. The van der Waals surface area contributed by atoms with E-state index < -0.39 is 10.0 Å². The largest absolute Gasteiger partial charge is 0.326 e. The molecule has 0 aliphatic heterocycles. The Morgan fingerprint density at radius 3 is 2.56 bits per heavy atom. The Morgan fingerprint density at radius 2 is 1.80 bits per heavy atom. The quantitative estimate of drug-likeness (QED) is 0.863. The second-order valence-electron chi connectivity index (χ2n) is 6.34. The van der Waals surface area contributed by atoms with Crippen LogP contribution in [0.4, 0.5) is 5.69 Å². The van der Waals surface area contributed by atoms with Crippen molar-refractivity contribution in [1.82, 2.24) is 4.72 Å². The fourth-order valence-electron chi connectivity index (χ4n) is 3.10. The zero-order chi connectivity index (χ0) is 17.9. The van der Waals surface area contributed by atoms with E-state index in [0.29, 0.717) is 10.6 Å². The van der Waals surface area contributed by atoms with E-state index in [2.05, 4.69) is 10.0 Å². The highest BCUT2D eigenvalue weighted by Crippen LogP contribution is 2.24. The maximum Gasteiger partial charge on any atom is 0.240 e. The highest BCUT2D eigenvalue weighted by Gasteiger charge is 2.17. The fraction of sp³-hybridized carbons (Fsp3) is 0.316. The lowest BCUT2D eigenvalue weighted by Crippen LogP contribution is -2.23. The number of benzene rings is 2. The molecule has 0 unspecified atom stereocenters. The molecule has 0 bridgehead atoms. The van der Waals surface area contributed by atoms with Gasteiger partial charge < -0.3 is 5.32 Å². The molecule has 2 aromatic rings. The molecule has 0 saturated heterocycles. The number of fused-ring (bicyclic) bond motifs is 1. The summed E-state index contributed by atoms with van der Waals surface area (Å²) in [7, 11) is -3.57. The van der Waals surface area contributed by atoms with Gasteiger partial charge in [0.2, 0.25) is 15.9 Å². The summed E-state index contributed by atoms with van der Waals surface area (Å²) < 4.78 is 27.8. The van der Waals surface area contributed by atoms with E-state index in [4.69, 9.17) is 0 Å². The standard InChI is InChI=1S/C19H22N2O3S/c1-14(22)21-18-8-4-5-15(11-18)13-20-25(23,24)19-10-9-16-6-2-3-7-17(16)12-19/h4-5,8-12,20H,2-3,6-7,13H2,1H3,(H,21,22). The van der Waals surface area contributed by atoms with Crippen molar-refractivity contribution in [3.63, 3.8) is 0 Å². The molecular weight excluding hydrogens is 336 g/mol. The maximum atomic E-state index is 12.6. The minimum atomic E-state index is -3.57. The summed E-state index contributed by atoms with van der Waals surface area (Å²) in [6.45, 7) is 1.61. The van der Waals surface area contributed by atoms with E-state index in [1.54, 1.807) is 30.3 Å². The third kappa shape index (κ3) is 4.46. The second-order valence-corrected chi connectivity index (χ2v) is 8.11. The molecule has 1 amide bonds. The van der Waals surface area contributed by atoms with Gasteiger partial charge in [-0.2, -0.15) is 0 Å². The SMILES string of the molecule is CC(=O)Nc1cccc(CNS(=O)(=O)c2ccc3c(c2)CCCC3)c1. The number of sulfonamides is 1. The number of carbonyl (C=O) groups excluding carboxylic acids is 1. The predicted octanol–water partition coefficient (Wildman–Crippen LogP) is 3.00. The van der Waals surface area contributed by atoms with Gasteiger partial charge in [-0.15, -0.1) is 0 Å². The van der Waals surface area contributed by atoms with E-state index in [0.717, 1.165) is 30.4 Å². The van der Waals surface area contributed by atoms with Gasteiger partial charge in [0.25, 0.3) is 0 Å². The van der Waals surface area contributed by atoms with Gasteiger partial charge in [-0.3, -0.25) is 4.79 Å². The first-order valence-corrected chi connectivity index (χ1v) is 9.90. The van der Waals surface area contributed by atoms with Crippen molar-refractivity contribution >= 4 is 21.6 Å². The van der Waals surface area contributed by atoms with Crippen molar-refractivity contribution < 1.29 is 13.2 Å². The number of hydrogen-bond acceptors (Lipinski definition) is 3. The average molecular weight is 358 g/mol. The first kappa shape index (κ1) is 17.6. The van der Waals surface area contributed by atoms with Crippen LogP contribution in [0.5, 0.6) is 0 Å². The van der Waals surface area contributed by atoms with Crippen LogP contribution in [0.15, 0.2) is 47.4 Å². The maximum absolute atomic E-state index is 12.6. The molecular formula is C19H22N2O3S. The number of amides is 1. The van der Waals surface area contributed by atoms with Crippen LogP contribution in [0.3, 0.4) is 0 Å². The summed E-state index contributed by atoms with van der Waals surface area (Å²) in [6.07, 6.45) is 4.25. The van der Waals surface area contributed by atoms with Gasteiger partial charge in [-0.25, -0.2) is 13.1 Å². The fourth-order valence-corrected chi connectivity index (χ4v) is 4.17. The molecule has 2 aromatic carbocycles. The van der Waals surface area contributed by atoms with Crippen molar-refractivity contribution in [3.8, 4) is 0 Å². The minimum Gasteiger partial charge on any atom is -0.326 e. The van der Waals surface area contributed by atoms with Crippen molar-refractivity contribution in [2.24, 2.45) is 0 Å². The molecule has 0 saturated carbocycles. The number of carbonyl (C=O) groups is 1. The van der Waals surface area contributed by atoms with E-state index in [1.807, 2.05) is 12.1 Å². The molecule has 5 nitrogen and oxygen atoms in total.